The Labute approximate surface area is 170 Å². The maximum Gasteiger partial charge on any atom is 0.252 e. The number of hydrogen-bond acceptors (Lipinski definition) is 8. The van der Waals surface area contributed by atoms with Crippen molar-refractivity contribution in [2.24, 2.45) is 0 Å². The van der Waals surface area contributed by atoms with Crippen LogP contribution < -0.4 is 14.8 Å². The number of ether oxygens (including phenoxy) is 2. The van der Waals surface area contributed by atoms with Gasteiger partial charge in [0, 0.05) is 17.4 Å². The second-order valence-corrected chi connectivity index (χ2v) is 8.98. The Morgan fingerprint density at radius 1 is 1.07 bits per heavy atom. The highest BCUT2D eigenvalue weighted by Gasteiger charge is 2.22. The summed E-state index contributed by atoms with van der Waals surface area (Å²) in [4.78, 5) is 8.47. The molecule has 3 rings (SSSR count). The number of fused-ring (bicyclic) bond motifs is 1. The number of hydrogen-bond donors (Lipinski definition) is 1. The van der Waals surface area contributed by atoms with Crippen LogP contribution in [0.5, 0.6) is 11.5 Å². The molecule has 0 spiro atoms. The van der Waals surface area contributed by atoms with Crippen LogP contribution in [0.25, 0.3) is 5.65 Å². The summed E-state index contributed by atoms with van der Waals surface area (Å²) in [6.45, 7) is 5.91. The van der Waals surface area contributed by atoms with Crippen molar-refractivity contribution in [2.75, 3.05) is 25.8 Å². The van der Waals surface area contributed by atoms with Gasteiger partial charge in [-0.2, -0.15) is 19.6 Å². The largest absolute Gasteiger partial charge is 0.497 e. The molecular formula is C19H25N5O4S. The zero-order valence-electron chi connectivity index (χ0n) is 17.3. The van der Waals surface area contributed by atoms with Crippen LogP contribution in [-0.2, 0) is 9.84 Å². The maximum absolute atomic E-state index is 12.2. The summed E-state index contributed by atoms with van der Waals surface area (Å²) < 4.78 is 36.6. The first-order valence-electron chi connectivity index (χ1n) is 9.10. The lowest BCUT2D eigenvalue weighted by atomic mass is 10.1. The number of sulfone groups is 1. The molecule has 1 aromatic carbocycles. The second-order valence-electron chi connectivity index (χ2n) is 7.07. The number of nitrogens with zero attached hydrogens (tertiary/aromatic N) is 4. The zero-order chi connectivity index (χ0) is 21.3. The highest BCUT2D eigenvalue weighted by molar-refractivity contribution is 7.90. The van der Waals surface area contributed by atoms with Crippen molar-refractivity contribution >= 4 is 21.4 Å². The van der Waals surface area contributed by atoms with Crippen LogP contribution in [-0.4, -0.2) is 48.5 Å². The number of nitrogens with one attached hydrogen (secondary N) is 1. The number of methoxy groups -OCH3 is 2. The summed E-state index contributed by atoms with van der Waals surface area (Å²) in [6.07, 6.45) is 2.77. The molecule has 29 heavy (non-hydrogen) atoms. The number of rotatable bonds is 7. The minimum atomic E-state index is -3.61. The average molecular weight is 420 g/mol. The molecule has 9 nitrogen and oxygen atoms in total. The van der Waals surface area contributed by atoms with Gasteiger partial charge < -0.3 is 14.8 Å². The second kappa shape index (κ2) is 7.86. The molecule has 2 heterocycles. The van der Waals surface area contributed by atoms with Gasteiger partial charge in [0.25, 0.3) is 5.16 Å². The molecule has 0 bridgehead atoms. The molecule has 10 heteroatoms. The number of anilines is 1. The predicted octanol–water partition coefficient (Wildman–Crippen LogP) is 2.84. The molecule has 0 aliphatic heterocycles. The van der Waals surface area contributed by atoms with E-state index in [0.717, 1.165) is 17.4 Å². The molecule has 0 saturated carbocycles. The minimum Gasteiger partial charge on any atom is -0.497 e. The van der Waals surface area contributed by atoms with Crippen LogP contribution >= 0.6 is 0 Å². The van der Waals surface area contributed by atoms with Crippen LogP contribution in [0.2, 0.25) is 0 Å². The van der Waals surface area contributed by atoms with Crippen LogP contribution in [0.15, 0.2) is 29.6 Å². The molecule has 0 aliphatic carbocycles. The van der Waals surface area contributed by atoms with Gasteiger partial charge in [0.15, 0.2) is 5.65 Å². The van der Waals surface area contributed by atoms with Crippen molar-refractivity contribution in [3.63, 3.8) is 0 Å². The van der Waals surface area contributed by atoms with Gasteiger partial charge in [-0.05, 0) is 31.0 Å². The van der Waals surface area contributed by atoms with Crippen molar-refractivity contribution in [1.29, 1.82) is 0 Å². The van der Waals surface area contributed by atoms with Gasteiger partial charge in [-0.15, -0.1) is 0 Å². The molecule has 156 valence electrons. The Morgan fingerprint density at radius 2 is 1.79 bits per heavy atom. The van der Waals surface area contributed by atoms with E-state index in [0.29, 0.717) is 17.1 Å². The van der Waals surface area contributed by atoms with Gasteiger partial charge in [-0.1, -0.05) is 13.8 Å². The van der Waals surface area contributed by atoms with Crippen LogP contribution in [0, 0.1) is 0 Å². The van der Waals surface area contributed by atoms with Crippen LogP contribution in [0.3, 0.4) is 0 Å². The molecule has 2 aromatic heterocycles. The molecule has 1 unspecified atom stereocenters. The SMILES string of the molecule is COc1ccc(OC)c(C(C)Nc2nc(S(C)(=O)=O)nc3c(C(C)C)cnn23)c1. The van der Waals surface area contributed by atoms with E-state index in [4.69, 9.17) is 9.47 Å². The van der Waals surface area contributed by atoms with E-state index >= 15 is 0 Å². The Kier molecular flexibility index (Phi) is 5.65. The quantitative estimate of drug-likeness (QED) is 0.623. The predicted molar refractivity (Wildman–Crippen MR) is 110 cm³/mol. The summed E-state index contributed by atoms with van der Waals surface area (Å²) in [6, 6.07) is 5.20. The normalized spacial score (nSPS) is 12.9. The van der Waals surface area contributed by atoms with E-state index in [2.05, 4.69) is 20.4 Å². The fraction of sp³-hybridized carbons (Fsp3) is 0.421. The first-order chi connectivity index (χ1) is 13.7. The molecule has 0 aliphatic rings. The van der Waals surface area contributed by atoms with Gasteiger partial charge in [0.1, 0.15) is 11.5 Å². The maximum atomic E-state index is 12.2. The molecule has 0 fully saturated rings. The number of aromatic nitrogens is 4. The topological polar surface area (TPSA) is 108 Å². The summed E-state index contributed by atoms with van der Waals surface area (Å²) in [5.41, 5.74) is 2.13. The minimum absolute atomic E-state index is 0.124. The fourth-order valence-electron chi connectivity index (χ4n) is 2.99. The first kappa shape index (κ1) is 20.8. The lowest BCUT2D eigenvalue weighted by molar-refractivity contribution is 0.397. The van der Waals surface area contributed by atoms with E-state index < -0.39 is 9.84 Å². The van der Waals surface area contributed by atoms with Gasteiger partial charge in [0.05, 0.1) is 26.5 Å². The van der Waals surface area contributed by atoms with E-state index in [1.54, 1.807) is 20.4 Å². The molecule has 1 N–H and O–H groups in total. The molecule has 0 saturated heterocycles. The van der Waals surface area contributed by atoms with Crippen LogP contribution in [0.1, 0.15) is 43.9 Å². The highest BCUT2D eigenvalue weighted by Crippen LogP contribution is 2.31. The van der Waals surface area contributed by atoms with Crippen molar-refractivity contribution in [3.05, 3.63) is 35.5 Å². The Morgan fingerprint density at radius 3 is 2.38 bits per heavy atom. The Bertz CT molecular complexity index is 1140. The molecule has 0 amide bonds. The summed E-state index contributed by atoms with van der Waals surface area (Å²) in [5.74, 6) is 1.75. The Hall–Kier alpha value is -2.88. The Balaban J connectivity index is 2.12. The number of benzene rings is 1. The lowest BCUT2D eigenvalue weighted by Crippen LogP contribution is -2.16. The summed E-state index contributed by atoms with van der Waals surface area (Å²) in [5, 5.41) is 7.36. The molecule has 1 atom stereocenters. The fourth-order valence-corrected chi connectivity index (χ4v) is 3.50. The first-order valence-corrected chi connectivity index (χ1v) is 11.0. The third kappa shape index (κ3) is 4.12. The van der Waals surface area contributed by atoms with Gasteiger partial charge in [-0.3, -0.25) is 0 Å². The van der Waals surface area contributed by atoms with Gasteiger partial charge in [-0.25, -0.2) is 8.42 Å². The van der Waals surface area contributed by atoms with Crippen molar-refractivity contribution in [2.45, 2.75) is 37.9 Å². The van der Waals surface area contributed by atoms with Gasteiger partial charge in [0.2, 0.25) is 15.8 Å². The third-order valence-electron chi connectivity index (χ3n) is 4.58. The summed E-state index contributed by atoms with van der Waals surface area (Å²) >= 11 is 0. The van der Waals surface area contributed by atoms with E-state index in [1.807, 2.05) is 39.0 Å². The smallest absolute Gasteiger partial charge is 0.252 e. The van der Waals surface area contributed by atoms with E-state index in [-0.39, 0.29) is 23.1 Å². The summed E-state index contributed by atoms with van der Waals surface area (Å²) in [7, 11) is -0.430. The average Bonchev–Trinajstić information content (AvgIpc) is 3.11. The molecule has 0 radical (unpaired) electrons. The van der Waals surface area contributed by atoms with E-state index in [9.17, 15) is 8.42 Å². The van der Waals surface area contributed by atoms with Crippen molar-refractivity contribution in [1.82, 2.24) is 19.6 Å². The lowest BCUT2D eigenvalue weighted by Gasteiger charge is -2.19. The molecule has 3 aromatic rings. The van der Waals surface area contributed by atoms with Crippen molar-refractivity contribution in [3.8, 4) is 11.5 Å². The highest BCUT2D eigenvalue weighted by atomic mass is 32.2. The molecular weight excluding hydrogens is 394 g/mol. The third-order valence-corrected chi connectivity index (χ3v) is 5.42. The van der Waals surface area contributed by atoms with Crippen LogP contribution in [0.4, 0.5) is 5.95 Å². The monoisotopic (exact) mass is 419 g/mol. The van der Waals surface area contributed by atoms with E-state index in [1.165, 1.54) is 4.52 Å². The van der Waals surface area contributed by atoms with Crippen molar-refractivity contribution < 1.29 is 17.9 Å². The van der Waals surface area contributed by atoms with Gasteiger partial charge >= 0.3 is 0 Å². The zero-order valence-corrected chi connectivity index (χ0v) is 18.1. The standard InChI is InChI=1S/C19H25N5O4S/c1-11(2)15-10-20-24-17(15)22-19(29(6,25)26)23-18(24)21-12(3)14-9-13(27-4)7-8-16(14)28-5/h7-12H,1-6H3,(H,21,22,23).